The predicted octanol–water partition coefficient (Wildman–Crippen LogP) is 4.57. The number of aryl methyl sites for hydroxylation is 3. The van der Waals surface area contributed by atoms with Crippen LogP contribution in [0.3, 0.4) is 0 Å². The van der Waals surface area contributed by atoms with Gasteiger partial charge in [-0.25, -0.2) is 13.9 Å². The highest BCUT2D eigenvalue weighted by molar-refractivity contribution is 5.83. The van der Waals surface area contributed by atoms with Gasteiger partial charge in [0.05, 0.1) is 17.6 Å². The van der Waals surface area contributed by atoms with E-state index < -0.39 is 0 Å². The van der Waals surface area contributed by atoms with Gasteiger partial charge in [-0.15, -0.1) is 0 Å². The lowest BCUT2D eigenvalue weighted by Gasteiger charge is -2.09. The van der Waals surface area contributed by atoms with E-state index in [2.05, 4.69) is 15.1 Å². The van der Waals surface area contributed by atoms with Gasteiger partial charge in [0, 0.05) is 11.3 Å². The lowest BCUT2D eigenvalue weighted by atomic mass is 10.1. The fourth-order valence-electron chi connectivity index (χ4n) is 2.64. The normalized spacial score (nSPS) is 11.0. The fourth-order valence-corrected chi connectivity index (χ4v) is 2.64. The summed E-state index contributed by atoms with van der Waals surface area (Å²) in [6.45, 7) is 9.48. The van der Waals surface area contributed by atoms with Crippen molar-refractivity contribution in [2.24, 2.45) is 4.99 Å². The quantitative estimate of drug-likeness (QED) is 0.651. The van der Waals surface area contributed by atoms with Crippen molar-refractivity contribution >= 4 is 17.0 Å². The van der Waals surface area contributed by atoms with Crippen molar-refractivity contribution in [2.45, 2.75) is 34.6 Å². The molecule has 0 aliphatic rings. The first-order chi connectivity index (χ1) is 10.8. The van der Waals surface area contributed by atoms with Crippen LogP contribution in [-0.2, 0) is 0 Å². The number of nitrogens with zero attached hydrogens (tertiary/aromatic N) is 4. The number of benzene rings is 1. The molecule has 0 aliphatic carbocycles. The topological polar surface area (TPSA) is 42.5 Å². The summed E-state index contributed by atoms with van der Waals surface area (Å²) < 4.78 is 16.2. The summed E-state index contributed by atoms with van der Waals surface area (Å²) in [4.78, 5) is 8.71. The second kappa shape index (κ2) is 5.57. The summed E-state index contributed by atoms with van der Waals surface area (Å²) in [7, 11) is 0. The monoisotopic (exact) mass is 310 g/mol. The fraction of sp³-hybridized carbons (Fsp3) is 0.278. The second-order valence-electron chi connectivity index (χ2n) is 6.05. The van der Waals surface area contributed by atoms with Crippen molar-refractivity contribution in [3.8, 4) is 11.3 Å². The molecule has 0 saturated heterocycles. The minimum Gasteiger partial charge on any atom is -0.255 e. The van der Waals surface area contributed by atoms with E-state index in [4.69, 9.17) is 0 Å². The van der Waals surface area contributed by atoms with Gasteiger partial charge in [-0.05, 0) is 63.9 Å². The van der Waals surface area contributed by atoms with Crippen molar-refractivity contribution in [2.75, 3.05) is 0 Å². The third-order valence-electron chi connectivity index (χ3n) is 3.61. The molecule has 0 amide bonds. The SMILES string of the molecule is CC(C)=Nc1c(C)cc(-c2cc(C)c3nc(C)cn3n2)cc1F. The van der Waals surface area contributed by atoms with Gasteiger partial charge in [-0.2, -0.15) is 5.10 Å². The van der Waals surface area contributed by atoms with Crippen molar-refractivity contribution in [1.82, 2.24) is 14.6 Å². The van der Waals surface area contributed by atoms with Crippen molar-refractivity contribution in [3.05, 3.63) is 47.0 Å². The third-order valence-corrected chi connectivity index (χ3v) is 3.61. The Balaban J connectivity index is 2.17. The molecule has 0 radical (unpaired) electrons. The van der Waals surface area contributed by atoms with Crippen LogP contribution in [0.2, 0.25) is 0 Å². The van der Waals surface area contributed by atoms with Gasteiger partial charge in [-0.3, -0.25) is 4.99 Å². The van der Waals surface area contributed by atoms with Gasteiger partial charge in [0.25, 0.3) is 0 Å². The number of halogens is 1. The van der Waals surface area contributed by atoms with Crippen LogP contribution in [0.4, 0.5) is 10.1 Å². The van der Waals surface area contributed by atoms with Crippen molar-refractivity contribution in [3.63, 3.8) is 0 Å². The van der Waals surface area contributed by atoms with Gasteiger partial charge in [0.2, 0.25) is 0 Å². The summed E-state index contributed by atoms with van der Waals surface area (Å²) in [5.74, 6) is -0.331. The van der Waals surface area contributed by atoms with E-state index in [0.29, 0.717) is 5.69 Å². The highest BCUT2D eigenvalue weighted by Crippen LogP contribution is 2.30. The standard InChI is InChI=1S/C18H19FN4/c1-10(2)20-17-11(3)6-14(8-15(17)19)16-7-12(4)18-21-13(5)9-23(18)22-16/h6-9H,1-5H3. The summed E-state index contributed by atoms with van der Waals surface area (Å²) in [6, 6.07) is 5.35. The average molecular weight is 310 g/mol. The molecule has 2 heterocycles. The summed E-state index contributed by atoms with van der Waals surface area (Å²) >= 11 is 0. The molecule has 1 aromatic carbocycles. The first-order valence-electron chi connectivity index (χ1n) is 7.51. The highest BCUT2D eigenvalue weighted by Gasteiger charge is 2.12. The number of aliphatic imine (C=N–C) groups is 1. The minimum atomic E-state index is -0.331. The Morgan fingerprint density at radius 2 is 1.83 bits per heavy atom. The zero-order valence-electron chi connectivity index (χ0n) is 14.0. The maximum atomic E-state index is 14.4. The number of hydrogen-bond donors (Lipinski definition) is 0. The largest absolute Gasteiger partial charge is 0.255 e. The first kappa shape index (κ1) is 15.3. The maximum Gasteiger partial charge on any atom is 0.156 e. The van der Waals surface area contributed by atoms with E-state index in [1.165, 1.54) is 6.07 Å². The van der Waals surface area contributed by atoms with Crippen LogP contribution in [0.25, 0.3) is 16.9 Å². The Labute approximate surface area is 134 Å². The van der Waals surface area contributed by atoms with Gasteiger partial charge in [0.15, 0.2) is 5.65 Å². The van der Waals surface area contributed by atoms with Gasteiger partial charge >= 0.3 is 0 Å². The number of rotatable bonds is 2. The zero-order valence-corrected chi connectivity index (χ0v) is 14.0. The molecule has 0 bridgehead atoms. The molecule has 23 heavy (non-hydrogen) atoms. The molecule has 0 fully saturated rings. The second-order valence-corrected chi connectivity index (χ2v) is 6.05. The van der Waals surface area contributed by atoms with Crippen molar-refractivity contribution < 1.29 is 4.39 Å². The van der Waals surface area contributed by atoms with Gasteiger partial charge < -0.3 is 0 Å². The van der Waals surface area contributed by atoms with Crippen LogP contribution in [0, 0.1) is 26.6 Å². The van der Waals surface area contributed by atoms with E-state index in [1.807, 2.05) is 52.9 Å². The molecule has 0 spiro atoms. The molecule has 0 saturated carbocycles. The molecule has 2 aromatic heterocycles. The molecule has 3 aromatic rings. The van der Waals surface area contributed by atoms with Crippen LogP contribution in [0.15, 0.2) is 29.4 Å². The molecule has 3 rings (SSSR count). The molecule has 4 nitrogen and oxygen atoms in total. The number of aromatic nitrogens is 3. The number of fused-ring (bicyclic) bond motifs is 1. The van der Waals surface area contributed by atoms with Crippen LogP contribution in [0.1, 0.15) is 30.7 Å². The predicted molar refractivity (Wildman–Crippen MR) is 91.0 cm³/mol. The van der Waals surface area contributed by atoms with E-state index >= 15 is 0 Å². The summed E-state index contributed by atoms with van der Waals surface area (Å²) in [5, 5.41) is 4.55. The van der Waals surface area contributed by atoms with E-state index in [9.17, 15) is 4.39 Å². The van der Waals surface area contributed by atoms with E-state index in [0.717, 1.165) is 39.4 Å². The first-order valence-corrected chi connectivity index (χ1v) is 7.51. The Kier molecular flexibility index (Phi) is 3.72. The summed E-state index contributed by atoms with van der Waals surface area (Å²) in [5.41, 5.74) is 6.21. The smallest absolute Gasteiger partial charge is 0.156 e. The minimum absolute atomic E-state index is 0.331. The Morgan fingerprint density at radius 1 is 1.09 bits per heavy atom. The Hall–Kier alpha value is -2.56. The molecule has 0 unspecified atom stereocenters. The molecule has 0 N–H and O–H groups in total. The van der Waals surface area contributed by atoms with Crippen LogP contribution in [-0.4, -0.2) is 20.3 Å². The molecule has 5 heteroatoms. The molecular weight excluding hydrogens is 291 g/mol. The maximum absolute atomic E-state index is 14.4. The molecule has 0 atom stereocenters. The molecule has 0 aliphatic heterocycles. The number of imidazole rings is 1. The summed E-state index contributed by atoms with van der Waals surface area (Å²) in [6.07, 6.45) is 1.87. The lowest BCUT2D eigenvalue weighted by Crippen LogP contribution is -1.97. The third kappa shape index (κ3) is 2.86. The van der Waals surface area contributed by atoms with E-state index in [1.54, 1.807) is 4.52 Å². The Bertz CT molecular complexity index is 911. The van der Waals surface area contributed by atoms with Crippen LogP contribution in [0.5, 0.6) is 0 Å². The highest BCUT2D eigenvalue weighted by atomic mass is 19.1. The van der Waals surface area contributed by atoms with Crippen LogP contribution >= 0.6 is 0 Å². The number of hydrogen-bond acceptors (Lipinski definition) is 3. The van der Waals surface area contributed by atoms with E-state index in [-0.39, 0.29) is 5.82 Å². The van der Waals surface area contributed by atoms with Gasteiger partial charge in [-0.1, -0.05) is 0 Å². The molecular formula is C18H19FN4. The Morgan fingerprint density at radius 3 is 2.48 bits per heavy atom. The lowest BCUT2D eigenvalue weighted by molar-refractivity contribution is 0.629. The molecule has 118 valence electrons. The van der Waals surface area contributed by atoms with Gasteiger partial charge in [0.1, 0.15) is 11.5 Å². The van der Waals surface area contributed by atoms with Crippen LogP contribution < -0.4 is 0 Å². The zero-order chi connectivity index (χ0) is 16.7. The van der Waals surface area contributed by atoms with Crippen molar-refractivity contribution in [1.29, 1.82) is 0 Å². The average Bonchev–Trinajstić information content (AvgIpc) is 2.83.